The quantitative estimate of drug-likeness (QED) is 0.827. The smallest absolute Gasteiger partial charge is 0.135 e. The molecule has 0 amide bonds. The Balaban J connectivity index is 2.17. The largest absolute Gasteiger partial charge is 0.497 e. The summed E-state index contributed by atoms with van der Waals surface area (Å²) < 4.78 is 5.09. The highest BCUT2D eigenvalue weighted by molar-refractivity contribution is 5.52. The van der Waals surface area contributed by atoms with E-state index in [-0.39, 0.29) is 0 Å². The monoisotopic (exact) mass is 201 g/mol. The van der Waals surface area contributed by atoms with Gasteiger partial charge in [0.15, 0.2) is 0 Å². The van der Waals surface area contributed by atoms with E-state index >= 15 is 0 Å². The maximum Gasteiger partial charge on any atom is 0.135 e. The van der Waals surface area contributed by atoms with Crippen LogP contribution in [0.4, 0.5) is 11.6 Å². The van der Waals surface area contributed by atoms with Gasteiger partial charge in [0.25, 0.3) is 0 Å². The first-order chi connectivity index (χ1) is 7.38. The molecule has 4 heteroatoms. The molecule has 0 aliphatic carbocycles. The number of hydrogen-bond donors (Lipinski definition) is 1. The predicted octanol–water partition coefficient (Wildman–Crippen LogP) is 2.23. The minimum Gasteiger partial charge on any atom is -0.497 e. The van der Waals surface area contributed by atoms with Gasteiger partial charge in [0.2, 0.25) is 0 Å². The number of hydrogen-bond acceptors (Lipinski definition) is 4. The lowest BCUT2D eigenvalue weighted by Gasteiger charge is -2.05. The van der Waals surface area contributed by atoms with Crippen molar-refractivity contribution in [3.8, 4) is 5.75 Å². The number of nitrogens with one attached hydrogen (secondary N) is 1. The van der Waals surface area contributed by atoms with Gasteiger partial charge in [-0.1, -0.05) is 6.07 Å². The van der Waals surface area contributed by atoms with E-state index in [0.717, 1.165) is 11.6 Å². The van der Waals surface area contributed by atoms with Crippen LogP contribution in [0.2, 0.25) is 0 Å². The predicted molar refractivity (Wildman–Crippen MR) is 58.3 cm³/mol. The van der Waals surface area contributed by atoms with Gasteiger partial charge in [0, 0.05) is 18.5 Å². The summed E-state index contributed by atoms with van der Waals surface area (Å²) in [6.07, 6.45) is 3.41. The van der Waals surface area contributed by atoms with Gasteiger partial charge in [-0.25, -0.2) is 9.97 Å². The van der Waals surface area contributed by atoms with E-state index in [1.165, 1.54) is 0 Å². The van der Waals surface area contributed by atoms with Gasteiger partial charge in [-0.05, 0) is 18.2 Å². The molecule has 0 saturated heterocycles. The lowest BCUT2D eigenvalue weighted by molar-refractivity contribution is 0.414. The van der Waals surface area contributed by atoms with Crippen molar-refractivity contribution in [1.29, 1.82) is 0 Å². The van der Waals surface area contributed by atoms with Crippen LogP contribution in [0.1, 0.15) is 0 Å². The summed E-state index contributed by atoms with van der Waals surface area (Å²) >= 11 is 0. The van der Waals surface area contributed by atoms with Crippen LogP contribution < -0.4 is 10.1 Å². The van der Waals surface area contributed by atoms with Crippen LogP contribution in [0, 0.1) is 0 Å². The van der Waals surface area contributed by atoms with Crippen LogP contribution in [-0.2, 0) is 0 Å². The van der Waals surface area contributed by atoms with Crippen molar-refractivity contribution in [1.82, 2.24) is 9.97 Å². The van der Waals surface area contributed by atoms with Gasteiger partial charge < -0.3 is 10.1 Å². The Kier molecular flexibility index (Phi) is 2.78. The Morgan fingerprint density at radius 1 is 1.07 bits per heavy atom. The van der Waals surface area contributed by atoms with Gasteiger partial charge in [-0.2, -0.15) is 0 Å². The van der Waals surface area contributed by atoms with Crippen molar-refractivity contribution in [2.45, 2.75) is 0 Å². The Bertz CT molecular complexity index is 431. The molecule has 0 bridgehead atoms. The summed E-state index contributed by atoms with van der Waals surface area (Å²) in [5.41, 5.74) is 0. The molecule has 15 heavy (non-hydrogen) atoms. The van der Waals surface area contributed by atoms with Crippen LogP contribution in [-0.4, -0.2) is 17.1 Å². The Morgan fingerprint density at radius 3 is 2.67 bits per heavy atom. The third-order valence-corrected chi connectivity index (χ3v) is 1.89. The van der Waals surface area contributed by atoms with Crippen molar-refractivity contribution in [3.05, 3.63) is 42.7 Å². The summed E-state index contributed by atoms with van der Waals surface area (Å²) in [6, 6.07) is 9.26. The van der Waals surface area contributed by atoms with E-state index in [2.05, 4.69) is 15.3 Å². The molecule has 0 fully saturated rings. The molecule has 0 aliphatic heterocycles. The van der Waals surface area contributed by atoms with Crippen LogP contribution in [0.25, 0.3) is 0 Å². The van der Waals surface area contributed by atoms with Crippen molar-refractivity contribution < 1.29 is 4.74 Å². The topological polar surface area (TPSA) is 47.0 Å². The van der Waals surface area contributed by atoms with Crippen LogP contribution >= 0.6 is 0 Å². The van der Waals surface area contributed by atoms with E-state index in [4.69, 9.17) is 4.74 Å². The van der Waals surface area contributed by atoms with Gasteiger partial charge in [-0.3, -0.25) is 0 Å². The molecule has 1 N–H and O–H groups in total. The van der Waals surface area contributed by atoms with Crippen molar-refractivity contribution in [2.24, 2.45) is 0 Å². The number of anilines is 2. The third-order valence-electron chi connectivity index (χ3n) is 1.89. The zero-order valence-corrected chi connectivity index (χ0v) is 8.34. The van der Waals surface area contributed by atoms with Crippen molar-refractivity contribution in [2.75, 3.05) is 12.4 Å². The third kappa shape index (κ3) is 2.43. The number of pyridine rings is 2. The highest BCUT2D eigenvalue weighted by Gasteiger charge is 1.97. The molecule has 0 aromatic carbocycles. The first-order valence-corrected chi connectivity index (χ1v) is 4.56. The standard InChI is InChI=1S/C11H11N3O/c1-15-9-5-7-13-11(8-9)14-10-4-2-3-6-12-10/h2-8H,1H3,(H,12,13,14). The van der Waals surface area contributed by atoms with Gasteiger partial charge in [0.05, 0.1) is 7.11 Å². The average molecular weight is 201 g/mol. The van der Waals surface area contributed by atoms with E-state index in [0.29, 0.717) is 5.82 Å². The fourth-order valence-electron chi connectivity index (χ4n) is 1.17. The molecular weight excluding hydrogens is 190 g/mol. The molecule has 2 rings (SSSR count). The molecular formula is C11H11N3O. The maximum atomic E-state index is 5.09. The Labute approximate surface area is 88.0 Å². The second-order valence-corrected chi connectivity index (χ2v) is 2.92. The number of methoxy groups -OCH3 is 1. The molecule has 0 radical (unpaired) electrons. The van der Waals surface area contributed by atoms with Crippen LogP contribution in [0.5, 0.6) is 5.75 Å². The normalized spacial score (nSPS) is 9.67. The second-order valence-electron chi connectivity index (χ2n) is 2.92. The maximum absolute atomic E-state index is 5.09. The van der Waals surface area contributed by atoms with Gasteiger partial charge in [-0.15, -0.1) is 0 Å². The molecule has 4 nitrogen and oxygen atoms in total. The molecule has 76 valence electrons. The first kappa shape index (κ1) is 9.45. The highest BCUT2D eigenvalue weighted by Crippen LogP contribution is 2.16. The molecule has 0 spiro atoms. The number of ether oxygens (including phenoxy) is 1. The number of aromatic nitrogens is 2. The molecule has 0 unspecified atom stereocenters. The molecule has 0 aliphatic rings. The van der Waals surface area contributed by atoms with E-state index in [1.807, 2.05) is 24.3 Å². The van der Waals surface area contributed by atoms with Gasteiger partial charge in [0.1, 0.15) is 17.4 Å². The summed E-state index contributed by atoms with van der Waals surface area (Å²) in [7, 11) is 1.62. The SMILES string of the molecule is COc1ccnc(Nc2ccccn2)c1. The first-order valence-electron chi connectivity index (χ1n) is 4.56. The van der Waals surface area contributed by atoms with E-state index in [9.17, 15) is 0 Å². The number of nitrogens with zero attached hydrogens (tertiary/aromatic N) is 2. The minimum atomic E-state index is 0.716. The Hall–Kier alpha value is -2.10. The number of rotatable bonds is 3. The van der Waals surface area contributed by atoms with E-state index < -0.39 is 0 Å². The molecule has 2 aromatic rings. The van der Waals surface area contributed by atoms with Crippen molar-refractivity contribution in [3.63, 3.8) is 0 Å². The Morgan fingerprint density at radius 2 is 1.93 bits per heavy atom. The summed E-state index contributed by atoms with van der Waals surface area (Å²) in [5.74, 6) is 2.25. The minimum absolute atomic E-state index is 0.716. The van der Waals surface area contributed by atoms with Crippen LogP contribution in [0.3, 0.4) is 0 Å². The molecule has 0 atom stereocenters. The fraction of sp³-hybridized carbons (Fsp3) is 0.0909. The molecule has 2 aromatic heterocycles. The fourth-order valence-corrected chi connectivity index (χ4v) is 1.17. The lowest BCUT2D eigenvalue weighted by atomic mass is 10.4. The average Bonchev–Trinajstić information content (AvgIpc) is 2.31. The van der Waals surface area contributed by atoms with Crippen molar-refractivity contribution >= 4 is 11.6 Å². The summed E-state index contributed by atoms with van der Waals surface area (Å²) in [5, 5.41) is 3.08. The lowest BCUT2D eigenvalue weighted by Crippen LogP contribution is -1.95. The van der Waals surface area contributed by atoms with Crippen LogP contribution in [0.15, 0.2) is 42.7 Å². The zero-order chi connectivity index (χ0) is 10.5. The van der Waals surface area contributed by atoms with E-state index in [1.54, 1.807) is 25.6 Å². The summed E-state index contributed by atoms with van der Waals surface area (Å²) in [4.78, 5) is 8.29. The summed E-state index contributed by atoms with van der Waals surface area (Å²) in [6.45, 7) is 0. The van der Waals surface area contributed by atoms with Gasteiger partial charge >= 0.3 is 0 Å². The zero-order valence-electron chi connectivity index (χ0n) is 8.34. The molecule has 0 saturated carbocycles. The molecule has 2 heterocycles. The highest BCUT2D eigenvalue weighted by atomic mass is 16.5. The second kappa shape index (κ2) is 4.41.